The summed E-state index contributed by atoms with van der Waals surface area (Å²) in [6.07, 6.45) is 0.530. The van der Waals surface area contributed by atoms with Crippen LogP contribution in [0.15, 0.2) is 4.34 Å². The van der Waals surface area contributed by atoms with E-state index in [1.54, 1.807) is 25.7 Å². The molecule has 0 fully saturated rings. The minimum absolute atomic E-state index is 0.163. The van der Waals surface area contributed by atoms with Gasteiger partial charge in [0.2, 0.25) is 0 Å². The number of thioether (sulfide) groups is 1. The summed E-state index contributed by atoms with van der Waals surface area (Å²) >= 11 is 3.10. The van der Waals surface area contributed by atoms with Crippen LogP contribution in [0.4, 0.5) is 0 Å². The maximum absolute atomic E-state index is 11.1. The van der Waals surface area contributed by atoms with E-state index in [2.05, 4.69) is 15.5 Å². The Bertz CT molecular complexity index is 397. The molecule has 0 saturated carbocycles. The molecule has 1 aromatic heterocycles. The Hall–Kier alpha value is -0.660. The molecule has 0 aliphatic carbocycles. The average Bonchev–Trinajstić information content (AvgIpc) is 2.63. The number of nitrogens with one attached hydrogen (secondary N) is 1. The molecule has 17 heavy (non-hydrogen) atoms. The largest absolute Gasteiger partial charge is 0.480 e. The lowest BCUT2D eigenvalue weighted by atomic mass is 9.97. The van der Waals surface area contributed by atoms with Gasteiger partial charge in [0.05, 0.1) is 0 Å². The Morgan fingerprint density at radius 1 is 1.65 bits per heavy atom. The number of carbonyl (C=O) groups is 1. The van der Waals surface area contributed by atoms with Crippen molar-refractivity contribution in [2.24, 2.45) is 0 Å². The lowest BCUT2D eigenvalue weighted by Crippen LogP contribution is -2.49. The third-order valence-electron chi connectivity index (χ3n) is 2.53. The first kappa shape index (κ1) is 14.4. The third kappa shape index (κ3) is 3.93. The molecule has 0 bridgehead atoms. The van der Waals surface area contributed by atoms with Crippen LogP contribution < -0.4 is 5.32 Å². The number of rotatable bonds is 6. The first-order valence-electron chi connectivity index (χ1n) is 5.26. The van der Waals surface area contributed by atoms with E-state index in [1.807, 2.05) is 13.8 Å². The molecule has 1 rings (SSSR count). The second kappa shape index (κ2) is 5.79. The Kier molecular flexibility index (Phi) is 4.91. The van der Waals surface area contributed by atoms with E-state index in [-0.39, 0.29) is 5.25 Å². The van der Waals surface area contributed by atoms with E-state index in [0.717, 1.165) is 9.35 Å². The maximum Gasteiger partial charge on any atom is 0.323 e. The fourth-order valence-corrected chi connectivity index (χ4v) is 3.72. The second-order valence-electron chi connectivity index (χ2n) is 4.11. The minimum atomic E-state index is -0.897. The molecule has 0 spiro atoms. The number of hydrogen-bond acceptors (Lipinski definition) is 6. The molecule has 2 unspecified atom stereocenters. The fourth-order valence-electron chi connectivity index (χ4n) is 1.41. The van der Waals surface area contributed by atoms with E-state index in [4.69, 9.17) is 5.11 Å². The standard InChI is InChI=1S/C10H17N3O2S2/c1-6(5-10(3,11-4)8(14)15)16-9-13-12-7(2)17-9/h6,11H,5H2,1-4H3,(H,14,15). The van der Waals surface area contributed by atoms with Crippen LogP contribution in [0.2, 0.25) is 0 Å². The number of carboxylic acids is 1. The van der Waals surface area contributed by atoms with Crippen molar-refractivity contribution in [1.82, 2.24) is 15.5 Å². The first-order chi connectivity index (χ1) is 7.87. The fraction of sp³-hybridized carbons (Fsp3) is 0.700. The van der Waals surface area contributed by atoms with Gasteiger partial charge in [0.1, 0.15) is 10.5 Å². The summed E-state index contributed by atoms with van der Waals surface area (Å²) in [4.78, 5) is 11.1. The molecule has 7 heteroatoms. The molecule has 5 nitrogen and oxygen atoms in total. The van der Waals surface area contributed by atoms with Gasteiger partial charge in [0, 0.05) is 5.25 Å². The molecule has 0 aromatic carbocycles. The molecular formula is C10H17N3O2S2. The number of carboxylic acid groups (broad SMARTS) is 1. The average molecular weight is 275 g/mol. The minimum Gasteiger partial charge on any atom is -0.480 e. The molecule has 2 N–H and O–H groups in total. The molecule has 2 atom stereocenters. The van der Waals surface area contributed by atoms with Crippen LogP contribution in [-0.2, 0) is 4.79 Å². The summed E-state index contributed by atoms with van der Waals surface area (Å²) in [6.45, 7) is 5.60. The molecular weight excluding hydrogens is 258 g/mol. The molecule has 1 aromatic rings. The van der Waals surface area contributed by atoms with Gasteiger partial charge in [-0.2, -0.15) is 0 Å². The maximum atomic E-state index is 11.1. The summed E-state index contributed by atoms with van der Waals surface area (Å²) in [5, 5.41) is 21.1. The van der Waals surface area contributed by atoms with Crippen molar-refractivity contribution in [1.29, 1.82) is 0 Å². The van der Waals surface area contributed by atoms with Crippen molar-refractivity contribution in [3.05, 3.63) is 5.01 Å². The second-order valence-corrected chi connectivity index (χ2v) is 6.97. The summed E-state index contributed by atoms with van der Waals surface area (Å²) in [6, 6.07) is 0. The van der Waals surface area contributed by atoms with Gasteiger partial charge in [-0.3, -0.25) is 4.79 Å². The number of aromatic nitrogens is 2. The van der Waals surface area contributed by atoms with E-state index in [0.29, 0.717) is 6.42 Å². The predicted octanol–water partition coefficient (Wildman–Crippen LogP) is 1.78. The van der Waals surface area contributed by atoms with Gasteiger partial charge in [-0.05, 0) is 27.3 Å². The van der Waals surface area contributed by atoms with Gasteiger partial charge in [0.25, 0.3) is 0 Å². The molecule has 96 valence electrons. The number of aryl methyl sites for hydroxylation is 1. The number of aliphatic carboxylic acids is 1. The highest BCUT2D eigenvalue weighted by atomic mass is 32.2. The molecule has 0 saturated heterocycles. The van der Waals surface area contributed by atoms with Crippen molar-refractivity contribution >= 4 is 29.1 Å². The SMILES string of the molecule is CNC(C)(CC(C)Sc1nnc(C)s1)C(=O)O. The monoisotopic (exact) mass is 275 g/mol. The molecule has 0 aliphatic rings. The first-order valence-corrected chi connectivity index (χ1v) is 6.96. The smallest absolute Gasteiger partial charge is 0.323 e. The van der Waals surface area contributed by atoms with Crippen LogP contribution in [0.1, 0.15) is 25.3 Å². The molecule has 0 aliphatic heterocycles. The van der Waals surface area contributed by atoms with Crippen molar-refractivity contribution < 1.29 is 9.90 Å². The van der Waals surface area contributed by atoms with Crippen molar-refractivity contribution in [3.63, 3.8) is 0 Å². The van der Waals surface area contributed by atoms with Crippen LogP contribution in [-0.4, -0.2) is 39.1 Å². The highest BCUT2D eigenvalue weighted by Gasteiger charge is 2.33. The molecule has 0 amide bonds. The highest BCUT2D eigenvalue weighted by Crippen LogP contribution is 2.30. The third-order valence-corrected chi connectivity index (χ3v) is 4.55. The van der Waals surface area contributed by atoms with Gasteiger partial charge in [0.15, 0.2) is 4.34 Å². The van der Waals surface area contributed by atoms with E-state index < -0.39 is 11.5 Å². The summed E-state index contributed by atoms with van der Waals surface area (Å²) < 4.78 is 0.888. The van der Waals surface area contributed by atoms with Crippen LogP contribution in [0.5, 0.6) is 0 Å². The zero-order chi connectivity index (χ0) is 13.1. The Labute approximate surface area is 109 Å². The van der Waals surface area contributed by atoms with Gasteiger partial charge >= 0.3 is 5.97 Å². The van der Waals surface area contributed by atoms with Crippen LogP contribution in [0, 0.1) is 6.92 Å². The van der Waals surface area contributed by atoms with E-state index >= 15 is 0 Å². The van der Waals surface area contributed by atoms with Crippen LogP contribution in [0.25, 0.3) is 0 Å². The number of likely N-dealkylation sites (N-methyl/N-ethyl adjacent to an activating group) is 1. The molecule has 1 heterocycles. The Morgan fingerprint density at radius 2 is 2.29 bits per heavy atom. The number of nitrogens with zero attached hydrogens (tertiary/aromatic N) is 2. The van der Waals surface area contributed by atoms with Crippen molar-refractivity contribution in [3.8, 4) is 0 Å². The predicted molar refractivity (Wildman–Crippen MR) is 69.7 cm³/mol. The summed E-state index contributed by atoms with van der Waals surface area (Å²) in [7, 11) is 1.67. The Balaban J connectivity index is 2.59. The van der Waals surface area contributed by atoms with E-state index in [9.17, 15) is 4.79 Å². The number of hydrogen-bond donors (Lipinski definition) is 2. The van der Waals surface area contributed by atoms with E-state index in [1.165, 1.54) is 11.3 Å². The lowest BCUT2D eigenvalue weighted by molar-refractivity contribution is -0.144. The molecule has 0 radical (unpaired) electrons. The van der Waals surface area contributed by atoms with Crippen molar-refractivity contribution in [2.45, 2.75) is 42.3 Å². The normalized spacial score (nSPS) is 16.5. The van der Waals surface area contributed by atoms with Gasteiger partial charge in [-0.1, -0.05) is 30.0 Å². The van der Waals surface area contributed by atoms with Crippen LogP contribution >= 0.6 is 23.1 Å². The topological polar surface area (TPSA) is 75.1 Å². The van der Waals surface area contributed by atoms with Gasteiger partial charge in [-0.15, -0.1) is 10.2 Å². The van der Waals surface area contributed by atoms with Crippen molar-refractivity contribution in [2.75, 3.05) is 7.05 Å². The zero-order valence-corrected chi connectivity index (χ0v) is 12.0. The van der Waals surface area contributed by atoms with Gasteiger partial charge in [-0.25, -0.2) is 0 Å². The summed E-state index contributed by atoms with van der Waals surface area (Å²) in [5.41, 5.74) is -0.897. The van der Waals surface area contributed by atoms with Gasteiger partial charge < -0.3 is 10.4 Å². The quantitative estimate of drug-likeness (QED) is 0.771. The zero-order valence-electron chi connectivity index (χ0n) is 10.4. The lowest BCUT2D eigenvalue weighted by Gasteiger charge is -2.26. The van der Waals surface area contributed by atoms with Crippen LogP contribution in [0.3, 0.4) is 0 Å². The highest BCUT2D eigenvalue weighted by molar-refractivity contribution is 8.01. The summed E-state index contributed by atoms with van der Waals surface area (Å²) in [5.74, 6) is -0.833. The Morgan fingerprint density at radius 3 is 2.71 bits per heavy atom.